The molecule has 0 saturated carbocycles. The largest absolute Gasteiger partial charge is 0.493 e. The molecular weight excluding hydrogens is 312 g/mol. The zero-order chi connectivity index (χ0) is 17.1. The summed E-state index contributed by atoms with van der Waals surface area (Å²) in [6.45, 7) is 0.867. The van der Waals surface area contributed by atoms with Crippen molar-refractivity contribution in [2.24, 2.45) is 0 Å². The Labute approximate surface area is 146 Å². The van der Waals surface area contributed by atoms with Gasteiger partial charge < -0.3 is 15.4 Å². The molecule has 0 fully saturated rings. The van der Waals surface area contributed by atoms with E-state index in [4.69, 9.17) is 4.74 Å². The third-order valence-electron chi connectivity index (χ3n) is 4.52. The smallest absolute Gasteiger partial charge is 0.239 e. The Morgan fingerprint density at radius 1 is 1.00 bits per heavy atom. The lowest BCUT2D eigenvalue weighted by molar-refractivity contribution is -0.120. The Balaban J connectivity index is 1.43. The number of hydrogen-bond acceptors (Lipinski definition) is 3. The summed E-state index contributed by atoms with van der Waals surface area (Å²) >= 11 is 0. The van der Waals surface area contributed by atoms with Crippen molar-refractivity contribution in [2.75, 3.05) is 18.5 Å². The molecule has 0 aliphatic carbocycles. The Morgan fingerprint density at radius 2 is 1.80 bits per heavy atom. The van der Waals surface area contributed by atoms with Crippen LogP contribution in [-0.4, -0.2) is 19.1 Å². The SMILES string of the molecule is O=C(CNc1cccc2ccccc12)NC1CCOc2ccccc21. The minimum Gasteiger partial charge on any atom is -0.493 e. The number of carbonyl (C=O) groups is 1. The number of benzene rings is 3. The van der Waals surface area contributed by atoms with Crippen molar-refractivity contribution in [1.29, 1.82) is 0 Å². The van der Waals surface area contributed by atoms with Crippen LogP contribution in [0.2, 0.25) is 0 Å². The van der Waals surface area contributed by atoms with Crippen molar-refractivity contribution in [3.63, 3.8) is 0 Å². The van der Waals surface area contributed by atoms with Crippen LogP contribution >= 0.6 is 0 Å². The second-order valence-corrected chi connectivity index (χ2v) is 6.18. The van der Waals surface area contributed by atoms with Crippen LogP contribution in [0.5, 0.6) is 5.75 Å². The number of ether oxygens (including phenoxy) is 1. The first-order valence-corrected chi connectivity index (χ1v) is 8.54. The average Bonchev–Trinajstić information content (AvgIpc) is 2.66. The van der Waals surface area contributed by atoms with Gasteiger partial charge in [0.25, 0.3) is 0 Å². The number of nitrogens with one attached hydrogen (secondary N) is 2. The topological polar surface area (TPSA) is 50.4 Å². The average molecular weight is 332 g/mol. The van der Waals surface area contributed by atoms with Crippen molar-refractivity contribution >= 4 is 22.4 Å². The van der Waals surface area contributed by atoms with E-state index in [2.05, 4.69) is 28.8 Å². The first kappa shape index (κ1) is 15.5. The molecule has 3 aromatic carbocycles. The van der Waals surface area contributed by atoms with E-state index in [0.29, 0.717) is 6.61 Å². The maximum absolute atomic E-state index is 12.4. The van der Waals surface area contributed by atoms with E-state index in [-0.39, 0.29) is 18.5 Å². The van der Waals surface area contributed by atoms with Crippen LogP contribution in [0.15, 0.2) is 66.7 Å². The lowest BCUT2D eigenvalue weighted by atomic mass is 10.0. The van der Waals surface area contributed by atoms with Gasteiger partial charge in [-0.25, -0.2) is 0 Å². The van der Waals surface area contributed by atoms with Gasteiger partial charge in [0.05, 0.1) is 19.2 Å². The lowest BCUT2D eigenvalue weighted by Crippen LogP contribution is -2.35. The van der Waals surface area contributed by atoms with Crippen molar-refractivity contribution in [3.05, 3.63) is 72.3 Å². The van der Waals surface area contributed by atoms with Crippen molar-refractivity contribution < 1.29 is 9.53 Å². The maximum atomic E-state index is 12.4. The molecule has 4 heteroatoms. The summed E-state index contributed by atoms with van der Waals surface area (Å²) in [5.74, 6) is 0.843. The fourth-order valence-corrected chi connectivity index (χ4v) is 3.29. The van der Waals surface area contributed by atoms with E-state index >= 15 is 0 Å². The predicted octanol–water partition coefficient (Wildman–Crippen LogP) is 3.89. The number of hydrogen-bond donors (Lipinski definition) is 2. The standard InChI is InChI=1S/C21H20N2O2/c24-21(23-19-12-13-25-20-11-4-3-9-17(19)20)14-22-18-10-5-7-15-6-1-2-8-16(15)18/h1-11,19,22H,12-14H2,(H,23,24). The highest BCUT2D eigenvalue weighted by Crippen LogP contribution is 2.31. The number of carbonyl (C=O) groups excluding carboxylic acids is 1. The van der Waals surface area contributed by atoms with Gasteiger partial charge in [-0.05, 0) is 17.5 Å². The Bertz CT molecular complexity index is 902. The molecule has 0 saturated heterocycles. The minimum atomic E-state index is -0.0189. The molecule has 4 nitrogen and oxygen atoms in total. The third-order valence-corrected chi connectivity index (χ3v) is 4.52. The molecule has 3 aromatic rings. The first-order chi connectivity index (χ1) is 12.3. The van der Waals surface area contributed by atoms with Crippen LogP contribution in [-0.2, 0) is 4.79 Å². The number of anilines is 1. The van der Waals surface area contributed by atoms with Gasteiger partial charge in [-0.15, -0.1) is 0 Å². The monoisotopic (exact) mass is 332 g/mol. The second kappa shape index (κ2) is 6.85. The van der Waals surface area contributed by atoms with Crippen LogP contribution in [0.1, 0.15) is 18.0 Å². The number of fused-ring (bicyclic) bond motifs is 2. The molecule has 1 heterocycles. The zero-order valence-corrected chi connectivity index (χ0v) is 13.9. The van der Waals surface area contributed by atoms with Crippen LogP contribution in [0.4, 0.5) is 5.69 Å². The summed E-state index contributed by atoms with van der Waals surface area (Å²) in [4.78, 5) is 12.4. The van der Waals surface area contributed by atoms with E-state index in [9.17, 15) is 4.79 Å². The van der Waals surface area contributed by atoms with Gasteiger partial charge >= 0.3 is 0 Å². The van der Waals surface area contributed by atoms with E-state index in [0.717, 1.165) is 34.2 Å². The summed E-state index contributed by atoms with van der Waals surface area (Å²) in [6, 6.07) is 22.1. The Hall–Kier alpha value is -3.01. The third kappa shape index (κ3) is 3.29. The van der Waals surface area contributed by atoms with Gasteiger partial charge in [0.1, 0.15) is 5.75 Å². The van der Waals surface area contributed by atoms with E-state index < -0.39 is 0 Å². The van der Waals surface area contributed by atoms with Gasteiger partial charge in [0.15, 0.2) is 0 Å². The van der Waals surface area contributed by atoms with E-state index in [1.165, 1.54) is 0 Å². The second-order valence-electron chi connectivity index (χ2n) is 6.18. The molecular formula is C21H20N2O2. The molecule has 0 aromatic heterocycles. The van der Waals surface area contributed by atoms with E-state index in [1.807, 2.05) is 48.5 Å². The van der Waals surface area contributed by atoms with Gasteiger partial charge in [0, 0.05) is 23.1 Å². The fraction of sp³-hybridized carbons (Fsp3) is 0.190. The van der Waals surface area contributed by atoms with Crippen LogP contribution < -0.4 is 15.4 Å². The molecule has 1 unspecified atom stereocenters. The Morgan fingerprint density at radius 3 is 2.76 bits per heavy atom. The van der Waals surface area contributed by atoms with Gasteiger partial charge in [0.2, 0.25) is 5.91 Å². The molecule has 4 rings (SSSR count). The van der Waals surface area contributed by atoms with Gasteiger partial charge in [-0.2, -0.15) is 0 Å². The molecule has 1 amide bonds. The highest BCUT2D eigenvalue weighted by molar-refractivity contribution is 5.95. The summed E-state index contributed by atoms with van der Waals surface area (Å²) in [5.41, 5.74) is 2.02. The molecule has 0 spiro atoms. The molecule has 0 bridgehead atoms. The zero-order valence-electron chi connectivity index (χ0n) is 13.9. The molecule has 1 atom stereocenters. The van der Waals surface area contributed by atoms with Crippen LogP contribution in [0.25, 0.3) is 10.8 Å². The summed E-state index contributed by atoms with van der Waals surface area (Å²) in [7, 11) is 0. The maximum Gasteiger partial charge on any atom is 0.239 e. The van der Waals surface area contributed by atoms with Crippen molar-refractivity contribution in [2.45, 2.75) is 12.5 Å². The van der Waals surface area contributed by atoms with Crippen LogP contribution in [0.3, 0.4) is 0 Å². The minimum absolute atomic E-state index is 0.00627. The first-order valence-electron chi connectivity index (χ1n) is 8.54. The highest BCUT2D eigenvalue weighted by atomic mass is 16.5. The number of rotatable bonds is 4. The lowest BCUT2D eigenvalue weighted by Gasteiger charge is -2.26. The normalized spacial score (nSPS) is 15.9. The van der Waals surface area contributed by atoms with E-state index in [1.54, 1.807) is 0 Å². The molecule has 0 radical (unpaired) electrons. The summed E-state index contributed by atoms with van der Waals surface area (Å²) < 4.78 is 5.65. The molecule has 2 N–H and O–H groups in total. The van der Waals surface area contributed by atoms with Crippen molar-refractivity contribution in [1.82, 2.24) is 5.32 Å². The summed E-state index contributed by atoms with van der Waals surface area (Å²) in [6.07, 6.45) is 0.789. The molecule has 1 aliphatic rings. The Kier molecular flexibility index (Phi) is 4.25. The highest BCUT2D eigenvalue weighted by Gasteiger charge is 2.22. The quantitative estimate of drug-likeness (QED) is 0.762. The summed E-state index contributed by atoms with van der Waals surface area (Å²) in [5, 5.41) is 8.65. The molecule has 1 aliphatic heterocycles. The fourth-order valence-electron chi connectivity index (χ4n) is 3.29. The van der Waals surface area contributed by atoms with Crippen molar-refractivity contribution in [3.8, 4) is 5.75 Å². The van der Waals surface area contributed by atoms with Crippen LogP contribution in [0, 0.1) is 0 Å². The van der Waals surface area contributed by atoms with Gasteiger partial charge in [-0.3, -0.25) is 4.79 Å². The number of amides is 1. The molecule has 25 heavy (non-hydrogen) atoms. The van der Waals surface area contributed by atoms with Gasteiger partial charge in [-0.1, -0.05) is 54.6 Å². The predicted molar refractivity (Wildman–Crippen MR) is 99.9 cm³/mol. The molecule has 126 valence electrons. The number of para-hydroxylation sites is 1.